The van der Waals surface area contributed by atoms with Gasteiger partial charge in [-0.25, -0.2) is 4.79 Å². The summed E-state index contributed by atoms with van der Waals surface area (Å²) in [6, 6.07) is 12.9. The summed E-state index contributed by atoms with van der Waals surface area (Å²) in [5.74, 6) is -1.31. The van der Waals surface area contributed by atoms with Gasteiger partial charge < -0.3 is 18.8 Å². The zero-order chi connectivity index (χ0) is 22.5. The van der Waals surface area contributed by atoms with Gasteiger partial charge in [-0.3, -0.25) is 14.4 Å². The van der Waals surface area contributed by atoms with Crippen molar-refractivity contribution in [1.29, 1.82) is 0 Å². The topological polar surface area (TPSA) is 103 Å². The fraction of sp³-hybridized carbons (Fsp3) is 0.217. The molecule has 1 saturated heterocycles. The minimum atomic E-state index is -0.621. The first-order valence-corrected chi connectivity index (χ1v) is 10.7. The second-order valence-electron chi connectivity index (χ2n) is 7.18. The summed E-state index contributed by atoms with van der Waals surface area (Å²) in [5, 5.41) is 1.78. The number of benzene rings is 1. The maximum absolute atomic E-state index is 12.4. The normalized spacial score (nSPS) is 15.6. The Morgan fingerprint density at radius 1 is 1.09 bits per heavy atom. The fourth-order valence-electron chi connectivity index (χ4n) is 3.27. The molecule has 0 unspecified atom stereocenters. The summed E-state index contributed by atoms with van der Waals surface area (Å²) >= 11 is 1.27. The SMILES string of the molecule is O=C(COC(=O)[C@@H]1CC(=O)N(Cc2ccco2)C1)c1ccc(OC(=O)c2cccs2)cc1. The molecule has 0 bridgehead atoms. The maximum atomic E-state index is 12.4. The molecular formula is C23H19NO7S. The first-order valence-electron chi connectivity index (χ1n) is 9.85. The van der Waals surface area contributed by atoms with E-state index in [4.69, 9.17) is 13.9 Å². The highest BCUT2D eigenvalue weighted by molar-refractivity contribution is 7.12. The van der Waals surface area contributed by atoms with E-state index in [2.05, 4.69) is 0 Å². The Hall–Kier alpha value is -3.72. The average Bonchev–Trinajstić information content (AvgIpc) is 3.56. The van der Waals surface area contributed by atoms with Gasteiger partial charge in [-0.2, -0.15) is 0 Å². The number of amides is 1. The molecule has 32 heavy (non-hydrogen) atoms. The Kier molecular flexibility index (Phi) is 6.46. The van der Waals surface area contributed by atoms with E-state index in [0.717, 1.165) is 0 Å². The van der Waals surface area contributed by atoms with Crippen LogP contribution < -0.4 is 4.74 Å². The molecule has 0 spiro atoms. The van der Waals surface area contributed by atoms with Crippen molar-refractivity contribution in [2.75, 3.05) is 13.2 Å². The number of nitrogens with zero attached hydrogens (tertiary/aromatic N) is 1. The largest absolute Gasteiger partial charge is 0.467 e. The highest BCUT2D eigenvalue weighted by Gasteiger charge is 2.35. The second kappa shape index (κ2) is 9.61. The zero-order valence-corrected chi connectivity index (χ0v) is 17.7. The number of rotatable bonds is 8. The molecule has 1 fully saturated rings. The van der Waals surface area contributed by atoms with E-state index in [-0.39, 0.29) is 25.4 Å². The molecule has 0 radical (unpaired) electrons. The van der Waals surface area contributed by atoms with Crippen LogP contribution in [0.15, 0.2) is 64.6 Å². The van der Waals surface area contributed by atoms with Crippen LogP contribution in [0.3, 0.4) is 0 Å². The summed E-state index contributed by atoms with van der Waals surface area (Å²) in [6.45, 7) is 0.0743. The Morgan fingerprint density at radius 3 is 2.59 bits per heavy atom. The highest BCUT2D eigenvalue weighted by atomic mass is 32.1. The molecule has 1 aliphatic rings. The number of likely N-dealkylation sites (tertiary alicyclic amines) is 1. The van der Waals surface area contributed by atoms with Crippen molar-refractivity contribution >= 4 is 35.0 Å². The van der Waals surface area contributed by atoms with Crippen molar-refractivity contribution in [3.8, 4) is 5.75 Å². The molecule has 1 atom stereocenters. The van der Waals surface area contributed by atoms with Crippen molar-refractivity contribution in [3.63, 3.8) is 0 Å². The molecule has 0 aliphatic carbocycles. The lowest BCUT2D eigenvalue weighted by molar-refractivity contribution is -0.147. The van der Waals surface area contributed by atoms with Crippen LogP contribution in [0, 0.1) is 5.92 Å². The third kappa shape index (κ3) is 5.12. The van der Waals surface area contributed by atoms with Crippen LogP contribution in [0.4, 0.5) is 0 Å². The first kappa shape index (κ1) is 21.5. The standard InChI is InChI=1S/C23H19NO7S/c25-19(15-5-7-17(8-6-15)31-23(28)20-4-2-10-32-20)14-30-22(27)16-11-21(26)24(12-16)13-18-3-1-9-29-18/h1-10,16H,11-14H2/t16-/m1/s1. The van der Waals surface area contributed by atoms with Crippen molar-refractivity contribution in [2.24, 2.45) is 5.92 Å². The lowest BCUT2D eigenvalue weighted by atomic mass is 10.1. The molecule has 3 aromatic rings. The number of thiophene rings is 1. The number of esters is 2. The number of Topliss-reactive ketones (excluding diaryl/α,β-unsaturated/α-hetero) is 1. The van der Waals surface area contributed by atoms with Crippen LogP contribution in [0.5, 0.6) is 5.75 Å². The number of furan rings is 1. The van der Waals surface area contributed by atoms with E-state index in [1.54, 1.807) is 29.6 Å². The van der Waals surface area contributed by atoms with Crippen LogP contribution in [0.2, 0.25) is 0 Å². The Balaban J connectivity index is 1.25. The van der Waals surface area contributed by atoms with Crippen LogP contribution in [-0.4, -0.2) is 41.7 Å². The van der Waals surface area contributed by atoms with Gasteiger partial charge in [0.15, 0.2) is 12.4 Å². The summed E-state index contributed by atoms with van der Waals surface area (Å²) in [5.41, 5.74) is 0.315. The number of carbonyl (C=O) groups is 4. The highest BCUT2D eigenvalue weighted by Crippen LogP contribution is 2.22. The smallest absolute Gasteiger partial charge is 0.353 e. The van der Waals surface area contributed by atoms with Gasteiger partial charge in [-0.1, -0.05) is 6.07 Å². The predicted octanol–water partition coefficient (Wildman–Crippen LogP) is 3.33. The van der Waals surface area contributed by atoms with Crippen LogP contribution >= 0.6 is 11.3 Å². The molecule has 2 aromatic heterocycles. The average molecular weight is 453 g/mol. The van der Waals surface area contributed by atoms with Gasteiger partial charge in [0, 0.05) is 18.5 Å². The van der Waals surface area contributed by atoms with E-state index in [0.29, 0.717) is 22.0 Å². The van der Waals surface area contributed by atoms with Crippen LogP contribution in [0.25, 0.3) is 0 Å². The van der Waals surface area contributed by atoms with E-state index >= 15 is 0 Å². The molecular weight excluding hydrogens is 434 g/mol. The quantitative estimate of drug-likeness (QED) is 0.293. The first-order chi connectivity index (χ1) is 15.5. The third-order valence-corrected chi connectivity index (χ3v) is 5.78. The molecule has 1 aliphatic heterocycles. The van der Waals surface area contributed by atoms with Crippen LogP contribution in [0.1, 0.15) is 32.2 Å². The molecule has 4 rings (SSSR count). The van der Waals surface area contributed by atoms with E-state index in [1.165, 1.54) is 46.8 Å². The zero-order valence-electron chi connectivity index (χ0n) is 16.9. The van der Waals surface area contributed by atoms with Gasteiger partial charge in [-0.05, 0) is 47.8 Å². The van der Waals surface area contributed by atoms with Gasteiger partial charge >= 0.3 is 11.9 Å². The van der Waals surface area contributed by atoms with Gasteiger partial charge in [0.25, 0.3) is 0 Å². The minimum absolute atomic E-state index is 0.0397. The molecule has 1 aromatic carbocycles. The van der Waals surface area contributed by atoms with Crippen molar-refractivity contribution in [2.45, 2.75) is 13.0 Å². The van der Waals surface area contributed by atoms with Crippen molar-refractivity contribution < 1.29 is 33.1 Å². The Bertz CT molecular complexity index is 1100. The maximum Gasteiger partial charge on any atom is 0.353 e. The van der Waals surface area contributed by atoms with Gasteiger partial charge in [0.1, 0.15) is 16.4 Å². The lowest BCUT2D eigenvalue weighted by Crippen LogP contribution is -2.27. The predicted molar refractivity (Wildman–Crippen MR) is 113 cm³/mol. The molecule has 3 heterocycles. The second-order valence-corrected chi connectivity index (χ2v) is 8.12. The summed E-state index contributed by atoms with van der Waals surface area (Å²) in [4.78, 5) is 50.8. The molecule has 164 valence electrons. The molecule has 1 amide bonds. The number of carbonyl (C=O) groups excluding carboxylic acids is 4. The summed E-state index contributed by atoms with van der Waals surface area (Å²) < 4.78 is 15.6. The molecule has 8 nitrogen and oxygen atoms in total. The molecule has 9 heteroatoms. The monoisotopic (exact) mass is 453 g/mol. The fourth-order valence-corrected chi connectivity index (χ4v) is 3.87. The van der Waals surface area contributed by atoms with Gasteiger partial charge in [-0.15, -0.1) is 11.3 Å². The number of hydrogen-bond acceptors (Lipinski definition) is 8. The van der Waals surface area contributed by atoms with E-state index in [9.17, 15) is 19.2 Å². The summed E-state index contributed by atoms with van der Waals surface area (Å²) in [6.07, 6.45) is 1.56. The van der Waals surface area contributed by atoms with Gasteiger partial charge in [0.05, 0.1) is 18.7 Å². The van der Waals surface area contributed by atoms with E-state index < -0.39 is 30.2 Å². The van der Waals surface area contributed by atoms with Crippen LogP contribution in [-0.2, 0) is 20.9 Å². The molecule has 0 saturated carbocycles. The van der Waals surface area contributed by atoms with Gasteiger partial charge in [0.2, 0.25) is 5.91 Å². The Morgan fingerprint density at radius 2 is 1.91 bits per heavy atom. The number of ether oxygens (including phenoxy) is 2. The minimum Gasteiger partial charge on any atom is -0.467 e. The van der Waals surface area contributed by atoms with E-state index in [1.807, 2.05) is 0 Å². The molecule has 0 N–H and O–H groups in total. The number of ketones is 1. The van der Waals surface area contributed by atoms with Crippen molar-refractivity contribution in [1.82, 2.24) is 4.90 Å². The lowest BCUT2D eigenvalue weighted by Gasteiger charge is -2.14. The van der Waals surface area contributed by atoms with Crippen molar-refractivity contribution in [3.05, 3.63) is 76.4 Å². The Labute approximate surface area is 187 Å². The number of hydrogen-bond donors (Lipinski definition) is 0. The summed E-state index contributed by atoms with van der Waals surface area (Å²) in [7, 11) is 0. The third-order valence-electron chi connectivity index (χ3n) is 4.93.